The van der Waals surface area contributed by atoms with Gasteiger partial charge in [-0.2, -0.15) is 0 Å². The molecule has 0 aliphatic rings. The molecule has 5 heteroatoms. The first kappa shape index (κ1) is 13.6. The highest BCUT2D eigenvalue weighted by atomic mass is 35.5. The van der Waals surface area contributed by atoms with Gasteiger partial charge in [0.1, 0.15) is 22.5 Å². The van der Waals surface area contributed by atoms with E-state index in [0.29, 0.717) is 5.15 Å². The molecule has 0 fully saturated rings. The van der Waals surface area contributed by atoms with Crippen molar-refractivity contribution in [3.63, 3.8) is 0 Å². The molecule has 19 heavy (non-hydrogen) atoms. The highest BCUT2D eigenvalue weighted by molar-refractivity contribution is 6.29. The predicted molar refractivity (Wildman–Crippen MR) is 77.5 cm³/mol. The second-order valence-electron chi connectivity index (χ2n) is 4.08. The van der Waals surface area contributed by atoms with E-state index in [9.17, 15) is 0 Å². The Labute approximate surface area is 118 Å². The summed E-state index contributed by atoms with van der Waals surface area (Å²) in [5.41, 5.74) is 0.983. The number of hydrogen-bond donors (Lipinski definition) is 0. The van der Waals surface area contributed by atoms with Crippen LogP contribution in [0, 0.1) is 0 Å². The summed E-state index contributed by atoms with van der Waals surface area (Å²) >= 11 is 6.02. The first-order valence-electron chi connectivity index (χ1n) is 6.05. The number of hydrogen-bond acceptors (Lipinski definition) is 4. The molecule has 0 unspecified atom stereocenters. The predicted octanol–water partition coefficient (Wildman–Crippen LogP) is 3.47. The van der Waals surface area contributed by atoms with E-state index in [1.165, 1.54) is 0 Å². The molecule has 0 bridgehead atoms. The van der Waals surface area contributed by atoms with Crippen molar-refractivity contribution in [2.24, 2.45) is 0 Å². The number of rotatable bonds is 4. The fourth-order valence-corrected chi connectivity index (χ4v) is 1.93. The Morgan fingerprint density at radius 2 is 2.05 bits per heavy atom. The van der Waals surface area contributed by atoms with Crippen LogP contribution in [0.25, 0.3) is 0 Å². The van der Waals surface area contributed by atoms with E-state index in [1.807, 2.05) is 43.1 Å². The quantitative estimate of drug-likeness (QED) is 0.802. The lowest BCUT2D eigenvalue weighted by Gasteiger charge is -2.19. The first-order chi connectivity index (χ1) is 9.13. The molecule has 0 N–H and O–H groups in total. The van der Waals surface area contributed by atoms with Crippen LogP contribution in [0.15, 0.2) is 30.3 Å². The molecule has 2 rings (SSSR count). The Morgan fingerprint density at radius 3 is 2.74 bits per heavy atom. The largest absolute Gasteiger partial charge is 0.497 e. The highest BCUT2D eigenvalue weighted by Crippen LogP contribution is 2.26. The minimum atomic E-state index is 0.455. The molecule has 0 amide bonds. The van der Waals surface area contributed by atoms with E-state index in [2.05, 4.69) is 9.97 Å². The Balaban J connectivity index is 2.37. The van der Waals surface area contributed by atoms with Crippen LogP contribution < -0.4 is 9.64 Å². The standard InChI is InChI=1S/C14H16ClN3O/c1-4-13-16-12(15)9-14(17-13)18(2)10-6-5-7-11(8-10)19-3/h5-9H,4H2,1-3H3. The minimum Gasteiger partial charge on any atom is -0.497 e. The van der Waals surface area contributed by atoms with E-state index in [1.54, 1.807) is 13.2 Å². The van der Waals surface area contributed by atoms with Crippen LogP contribution in [-0.2, 0) is 6.42 Å². The first-order valence-corrected chi connectivity index (χ1v) is 6.43. The smallest absolute Gasteiger partial charge is 0.137 e. The Kier molecular flexibility index (Phi) is 4.22. The van der Waals surface area contributed by atoms with Crippen molar-refractivity contribution in [3.8, 4) is 5.75 Å². The lowest BCUT2D eigenvalue weighted by Crippen LogP contribution is -2.12. The number of nitrogens with zero attached hydrogens (tertiary/aromatic N) is 3. The molecular weight excluding hydrogens is 262 g/mol. The molecule has 0 saturated heterocycles. The molecule has 0 radical (unpaired) electrons. The van der Waals surface area contributed by atoms with Crippen molar-refractivity contribution in [1.29, 1.82) is 0 Å². The van der Waals surface area contributed by atoms with Gasteiger partial charge in [0.15, 0.2) is 0 Å². The maximum atomic E-state index is 6.02. The average molecular weight is 278 g/mol. The molecule has 1 aromatic heterocycles. The highest BCUT2D eigenvalue weighted by Gasteiger charge is 2.09. The van der Waals surface area contributed by atoms with Gasteiger partial charge in [-0.15, -0.1) is 0 Å². The van der Waals surface area contributed by atoms with Crippen LogP contribution in [0.4, 0.5) is 11.5 Å². The third kappa shape index (κ3) is 3.15. The summed E-state index contributed by atoms with van der Waals surface area (Å²) in [5, 5.41) is 0.455. The summed E-state index contributed by atoms with van der Waals surface area (Å²) in [5.74, 6) is 2.31. The third-order valence-corrected chi connectivity index (χ3v) is 3.02. The molecule has 0 spiro atoms. The fourth-order valence-electron chi connectivity index (χ4n) is 1.73. The summed E-state index contributed by atoms with van der Waals surface area (Å²) < 4.78 is 5.22. The molecule has 0 atom stereocenters. The van der Waals surface area contributed by atoms with Crippen molar-refractivity contribution < 1.29 is 4.74 Å². The van der Waals surface area contributed by atoms with E-state index >= 15 is 0 Å². The van der Waals surface area contributed by atoms with Gasteiger partial charge in [-0.25, -0.2) is 9.97 Å². The summed E-state index contributed by atoms with van der Waals surface area (Å²) in [6, 6.07) is 9.53. The van der Waals surface area contributed by atoms with E-state index in [-0.39, 0.29) is 0 Å². The molecule has 1 aromatic carbocycles. The summed E-state index contributed by atoms with van der Waals surface area (Å²) in [4.78, 5) is 10.6. The fraction of sp³-hybridized carbons (Fsp3) is 0.286. The zero-order chi connectivity index (χ0) is 13.8. The Morgan fingerprint density at radius 1 is 1.26 bits per heavy atom. The second kappa shape index (κ2) is 5.89. The minimum absolute atomic E-state index is 0.455. The van der Waals surface area contributed by atoms with Crippen LogP contribution >= 0.6 is 11.6 Å². The average Bonchev–Trinajstić information content (AvgIpc) is 2.45. The zero-order valence-electron chi connectivity index (χ0n) is 11.2. The van der Waals surface area contributed by atoms with Gasteiger partial charge in [0.05, 0.1) is 7.11 Å². The normalized spacial score (nSPS) is 10.3. The number of ether oxygens (including phenoxy) is 1. The number of halogens is 1. The monoisotopic (exact) mass is 277 g/mol. The summed E-state index contributed by atoms with van der Waals surface area (Å²) in [6.45, 7) is 2.00. The number of benzene rings is 1. The van der Waals surface area contributed by atoms with Crippen molar-refractivity contribution in [2.45, 2.75) is 13.3 Å². The zero-order valence-corrected chi connectivity index (χ0v) is 12.0. The molecule has 0 aliphatic heterocycles. The molecule has 0 saturated carbocycles. The van der Waals surface area contributed by atoms with Gasteiger partial charge in [-0.1, -0.05) is 24.6 Å². The van der Waals surface area contributed by atoms with E-state index in [4.69, 9.17) is 16.3 Å². The molecule has 2 aromatic rings. The van der Waals surface area contributed by atoms with Crippen LogP contribution in [0.3, 0.4) is 0 Å². The maximum Gasteiger partial charge on any atom is 0.137 e. The lowest BCUT2D eigenvalue weighted by molar-refractivity contribution is 0.415. The van der Waals surface area contributed by atoms with Crippen LogP contribution in [0.5, 0.6) is 5.75 Å². The third-order valence-electron chi connectivity index (χ3n) is 2.83. The van der Waals surface area contributed by atoms with E-state index < -0.39 is 0 Å². The molecule has 4 nitrogen and oxygen atoms in total. The van der Waals surface area contributed by atoms with Crippen LogP contribution in [0.2, 0.25) is 5.15 Å². The molecule has 0 aliphatic carbocycles. The van der Waals surface area contributed by atoms with Gasteiger partial charge < -0.3 is 9.64 Å². The van der Waals surface area contributed by atoms with Crippen molar-refractivity contribution >= 4 is 23.1 Å². The lowest BCUT2D eigenvalue weighted by atomic mass is 10.2. The van der Waals surface area contributed by atoms with Gasteiger partial charge in [0.25, 0.3) is 0 Å². The Hall–Kier alpha value is -1.81. The number of aryl methyl sites for hydroxylation is 1. The van der Waals surface area contributed by atoms with Crippen LogP contribution in [-0.4, -0.2) is 24.1 Å². The van der Waals surface area contributed by atoms with Gasteiger partial charge in [-0.3, -0.25) is 0 Å². The number of methoxy groups -OCH3 is 1. The van der Waals surface area contributed by atoms with Crippen molar-refractivity contribution in [1.82, 2.24) is 9.97 Å². The van der Waals surface area contributed by atoms with Gasteiger partial charge in [0, 0.05) is 31.3 Å². The van der Waals surface area contributed by atoms with Crippen LogP contribution in [0.1, 0.15) is 12.7 Å². The number of anilines is 2. The van der Waals surface area contributed by atoms with Gasteiger partial charge >= 0.3 is 0 Å². The topological polar surface area (TPSA) is 38.2 Å². The SMILES string of the molecule is CCc1nc(Cl)cc(N(C)c2cccc(OC)c2)n1. The maximum absolute atomic E-state index is 6.02. The second-order valence-corrected chi connectivity index (χ2v) is 4.47. The Bertz CT molecular complexity index is 574. The summed E-state index contributed by atoms with van der Waals surface area (Å²) in [7, 11) is 3.59. The van der Waals surface area contributed by atoms with Gasteiger partial charge in [-0.05, 0) is 12.1 Å². The van der Waals surface area contributed by atoms with Crippen molar-refractivity contribution in [3.05, 3.63) is 41.3 Å². The van der Waals surface area contributed by atoms with Gasteiger partial charge in [0.2, 0.25) is 0 Å². The molecule has 100 valence electrons. The molecular formula is C14H16ClN3O. The molecule has 1 heterocycles. The summed E-state index contributed by atoms with van der Waals surface area (Å²) in [6.07, 6.45) is 0.750. The van der Waals surface area contributed by atoms with Crippen molar-refractivity contribution in [2.75, 3.05) is 19.1 Å². The number of aromatic nitrogens is 2. The van der Waals surface area contributed by atoms with E-state index in [0.717, 1.165) is 29.5 Å².